The molecule has 1 aliphatic carbocycles. The molecule has 0 radical (unpaired) electrons. The van der Waals surface area contributed by atoms with Gasteiger partial charge in [0.1, 0.15) is 5.82 Å². The quantitative estimate of drug-likeness (QED) is 0.632. The molecule has 0 aliphatic heterocycles. The van der Waals surface area contributed by atoms with E-state index in [-0.39, 0.29) is 12.2 Å². The fraction of sp³-hybridized carbons (Fsp3) is 0.462. The molecule has 0 saturated heterocycles. The summed E-state index contributed by atoms with van der Waals surface area (Å²) in [5, 5.41) is 0. The lowest BCUT2D eigenvalue weighted by atomic mass is 10.1. The summed E-state index contributed by atoms with van der Waals surface area (Å²) < 4.78 is 40.8. The van der Waals surface area contributed by atoms with Crippen molar-refractivity contribution >= 4 is 25.7 Å². The Morgan fingerprint density at radius 1 is 1.30 bits per heavy atom. The average molecular weight is 321 g/mol. The van der Waals surface area contributed by atoms with E-state index in [0.29, 0.717) is 5.92 Å². The summed E-state index contributed by atoms with van der Waals surface area (Å²) in [4.78, 5) is 11.4. The van der Waals surface area contributed by atoms with Crippen LogP contribution in [-0.4, -0.2) is 21.0 Å². The number of benzene rings is 1. The Balaban J connectivity index is 2.11. The summed E-state index contributed by atoms with van der Waals surface area (Å²) in [6.45, 7) is 0.276. The van der Waals surface area contributed by atoms with E-state index >= 15 is 0 Å². The lowest BCUT2D eigenvalue weighted by molar-refractivity contribution is 0.0441. The number of carbonyl (C=O) groups excluding carboxylic acids is 1. The zero-order valence-corrected chi connectivity index (χ0v) is 12.2. The maximum atomic E-state index is 13.3. The summed E-state index contributed by atoms with van der Waals surface area (Å²) in [7, 11) is 1.05. The van der Waals surface area contributed by atoms with Gasteiger partial charge in [-0.1, -0.05) is 12.8 Å². The summed E-state index contributed by atoms with van der Waals surface area (Å²) in [5.74, 6) is -1.25. The van der Waals surface area contributed by atoms with Crippen LogP contribution >= 0.6 is 10.7 Å². The van der Waals surface area contributed by atoms with Crippen LogP contribution in [0.3, 0.4) is 0 Å². The highest BCUT2D eigenvalue weighted by molar-refractivity contribution is 8.13. The van der Waals surface area contributed by atoms with E-state index in [2.05, 4.69) is 0 Å². The van der Waals surface area contributed by atoms with Gasteiger partial charge in [-0.05, 0) is 37.0 Å². The summed E-state index contributed by atoms with van der Waals surface area (Å²) in [5.41, 5.74) is -0.151. The maximum Gasteiger partial charge on any atom is 0.338 e. The molecule has 4 nitrogen and oxygen atoms in total. The second-order valence-corrected chi connectivity index (χ2v) is 7.43. The standard InChI is InChI=1S/C13H14ClFO4S/c14-20(17,18)12-6-10(5-11(15)7-12)13(16)19-8-9-3-1-2-4-9/h5-7,9H,1-4,8H2. The third-order valence-electron chi connectivity index (χ3n) is 3.31. The predicted octanol–water partition coefficient (Wildman–Crippen LogP) is 3.10. The van der Waals surface area contributed by atoms with Gasteiger partial charge in [-0.15, -0.1) is 0 Å². The molecule has 2 rings (SSSR count). The van der Waals surface area contributed by atoms with E-state index in [9.17, 15) is 17.6 Å². The van der Waals surface area contributed by atoms with Crippen LogP contribution < -0.4 is 0 Å². The molecular formula is C13H14ClFO4S. The number of hydrogen-bond donors (Lipinski definition) is 0. The molecule has 1 saturated carbocycles. The minimum atomic E-state index is -4.09. The van der Waals surface area contributed by atoms with Crippen LogP contribution in [0.15, 0.2) is 23.1 Å². The Kier molecular flexibility index (Phi) is 4.65. The van der Waals surface area contributed by atoms with Gasteiger partial charge >= 0.3 is 5.97 Å². The van der Waals surface area contributed by atoms with Crippen molar-refractivity contribution in [3.8, 4) is 0 Å². The highest BCUT2D eigenvalue weighted by atomic mass is 35.7. The number of esters is 1. The van der Waals surface area contributed by atoms with Crippen molar-refractivity contribution in [3.05, 3.63) is 29.6 Å². The Morgan fingerprint density at radius 3 is 2.55 bits per heavy atom. The number of ether oxygens (including phenoxy) is 1. The molecule has 0 amide bonds. The molecule has 0 bridgehead atoms. The molecule has 1 aliphatic rings. The van der Waals surface area contributed by atoms with E-state index in [4.69, 9.17) is 15.4 Å². The van der Waals surface area contributed by atoms with Crippen molar-refractivity contribution in [3.63, 3.8) is 0 Å². The van der Waals surface area contributed by atoms with E-state index < -0.39 is 25.7 Å². The minimum Gasteiger partial charge on any atom is -0.462 e. The number of rotatable bonds is 4. The van der Waals surface area contributed by atoms with E-state index in [0.717, 1.165) is 43.9 Å². The largest absolute Gasteiger partial charge is 0.462 e. The fourth-order valence-electron chi connectivity index (χ4n) is 2.28. The van der Waals surface area contributed by atoms with Crippen LogP contribution in [0, 0.1) is 11.7 Å². The number of hydrogen-bond acceptors (Lipinski definition) is 4. The summed E-state index contributed by atoms with van der Waals surface area (Å²) in [6, 6.07) is 2.71. The summed E-state index contributed by atoms with van der Waals surface area (Å²) >= 11 is 0. The first kappa shape index (κ1) is 15.3. The molecule has 0 spiro atoms. The molecule has 20 heavy (non-hydrogen) atoms. The van der Waals surface area contributed by atoms with Gasteiger partial charge in [-0.25, -0.2) is 17.6 Å². The zero-order chi connectivity index (χ0) is 14.8. The van der Waals surface area contributed by atoms with E-state index in [1.165, 1.54) is 0 Å². The second-order valence-electron chi connectivity index (χ2n) is 4.86. The van der Waals surface area contributed by atoms with Crippen molar-refractivity contribution < 1.29 is 22.3 Å². The highest BCUT2D eigenvalue weighted by Crippen LogP contribution is 2.25. The molecule has 0 aromatic heterocycles. The number of halogens is 2. The van der Waals surface area contributed by atoms with Gasteiger partial charge < -0.3 is 4.74 Å². The summed E-state index contributed by atoms with van der Waals surface area (Å²) in [6.07, 6.45) is 4.27. The van der Waals surface area contributed by atoms with Gasteiger partial charge in [0.15, 0.2) is 0 Å². The van der Waals surface area contributed by atoms with Gasteiger partial charge in [-0.3, -0.25) is 0 Å². The van der Waals surface area contributed by atoms with Gasteiger partial charge in [-0.2, -0.15) is 0 Å². The van der Waals surface area contributed by atoms with Crippen LogP contribution in [0.4, 0.5) is 4.39 Å². The van der Waals surface area contributed by atoms with E-state index in [1.54, 1.807) is 0 Å². The molecule has 1 aromatic carbocycles. The van der Waals surface area contributed by atoms with Crippen LogP contribution in [0.2, 0.25) is 0 Å². The molecule has 1 fully saturated rings. The minimum absolute atomic E-state index is 0.151. The van der Waals surface area contributed by atoms with Crippen LogP contribution in [-0.2, 0) is 13.8 Å². The average Bonchev–Trinajstić information content (AvgIpc) is 2.87. The third kappa shape index (κ3) is 3.93. The van der Waals surface area contributed by atoms with Gasteiger partial charge in [0.25, 0.3) is 9.05 Å². The molecule has 0 unspecified atom stereocenters. The molecule has 0 heterocycles. The van der Waals surface area contributed by atoms with Crippen molar-refractivity contribution in [2.24, 2.45) is 5.92 Å². The van der Waals surface area contributed by atoms with Crippen LogP contribution in [0.1, 0.15) is 36.0 Å². The second kappa shape index (κ2) is 6.10. The van der Waals surface area contributed by atoms with Crippen molar-refractivity contribution in [1.29, 1.82) is 0 Å². The Bertz CT molecular complexity index is 609. The molecule has 0 N–H and O–H groups in total. The first-order chi connectivity index (χ1) is 9.36. The Hall–Kier alpha value is -1.14. The fourth-order valence-corrected chi connectivity index (χ4v) is 3.06. The Morgan fingerprint density at radius 2 is 1.95 bits per heavy atom. The predicted molar refractivity (Wildman–Crippen MR) is 71.7 cm³/mol. The topological polar surface area (TPSA) is 60.4 Å². The van der Waals surface area contributed by atoms with Crippen molar-refractivity contribution in [2.45, 2.75) is 30.6 Å². The third-order valence-corrected chi connectivity index (χ3v) is 4.65. The van der Waals surface area contributed by atoms with Gasteiger partial charge in [0.2, 0.25) is 0 Å². The first-order valence-electron chi connectivity index (χ1n) is 6.28. The first-order valence-corrected chi connectivity index (χ1v) is 8.59. The van der Waals surface area contributed by atoms with Gasteiger partial charge in [0.05, 0.1) is 17.1 Å². The molecular weight excluding hydrogens is 307 g/mol. The van der Waals surface area contributed by atoms with Crippen LogP contribution in [0.5, 0.6) is 0 Å². The Labute approximate surface area is 121 Å². The maximum absolute atomic E-state index is 13.3. The van der Waals surface area contributed by atoms with Crippen molar-refractivity contribution in [1.82, 2.24) is 0 Å². The zero-order valence-electron chi connectivity index (χ0n) is 10.6. The molecule has 0 atom stereocenters. The molecule has 110 valence electrons. The smallest absolute Gasteiger partial charge is 0.338 e. The normalized spacial score (nSPS) is 16.3. The molecule has 7 heteroatoms. The van der Waals surface area contributed by atoms with Crippen LogP contribution in [0.25, 0.3) is 0 Å². The lowest BCUT2D eigenvalue weighted by Gasteiger charge is -2.10. The van der Waals surface area contributed by atoms with E-state index in [1.807, 2.05) is 0 Å². The van der Waals surface area contributed by atoms with Crippen molar-refractivity contribution in [2.75, 3.05) is 6.61 Å². The highest BCUT2D eigenvalue weighted by Gasteiger charge is 2.20. The number of carbonyl (C=O) groups is 1. The lowest BCUT2D eigenvalue weighted by Crippen LogP contribution is -2.12. The monoisotopic (exact) mass is 320 g/mol. The SMILES string of the molecule is O=C(OCC1CCCC1)c1cc(F)cc(S(=O)(=O)Cl)c1. The van der Waals surface area contributed by atoms with Gasteiger partial charge in [0, 0.05) is 10.7 Å². The molecule has 1 aromatic rings.